The maximum absolute atomic E-state index is 13.9. The molecule has 5 N–H and O–H groups in total. The first-order valence-electron chi connectivity index (χ1n) is 13.4. The molecular formula is C28H35F2N6O4+. The van der Waals surface area contributed by atoms with Crippen LogP contribution in [-0.4, -0.2) is 71.2 Å². The topological polar surface area (TPSA) is 126 Å². The van der Waals surface area contributed by atoms with Crippen LogP contribution < -0.4 is 21.3 Å². The highest BCUT2D eigenvalue weighted by Crippen LogP contribution is 2.29. The summed E-state index contributed by atoms with van der Waals surface area (Å²) in [5, 5.41) is 20.2. The van der Waals surface area contributed by atoms with Gasteiger partial charge in [0.1, 0.15) is 0 Å². The molecule has 0 radical (unpaired) electrons. The minimum atomic E-state index is -1.10. The van der Waals surface area contributed by atoms with E-state index in [0.29, 0.717) is 18.9 Å². The standard InChI is InChI=1S/C28H34F2N6O4/c1-18(38)32-22-5-2-4-20(16-22)19-8-13-35(14-9-19)12-3-11-31-28(40)36-25(10-15-37)33-27(39)34-26(36)21-6-7-23(29)24(30)17-21/h2,4-7,16-17,19,26,37H,3,8-15H2,1H3,(H3,31,32,34,38,39,40)/p+1. The summed E-state index contributed by atoms with van der Waals surface area (Å²) < 4.78 is 28.6. The summed E-state index contributed by atoms with van der Waals surface area (Å²) in [5.74, 6) is -1.66. The van der Waals surface area contributed by atoms with Gasteiger partial charge >= 0.3 is 12.1 Å². The van der Waals surface area contributed by atoms with E-state index < -0.39 is 29.9 Å². The molecule has 214 valence electrons. The Balaban J connectivity index is 1.31. The van der Waals surface area contributed by atoms with Gasteiger partial charge in [-0.3, -0.25) is 15.4 Å². The first-order valence-corrected chi connectivity index (χ1v) is 13.4. The molecule has 2 heterocycles. The van der Waals surface area contributed by atoms with E-state index in [1.165, 1.54) is 23.1 Å². The van der Waals surface area contributed by atoms with Crippen LogP contribution in [0.1, 0.15) is 55.8 Å². The van der Waals surface area contributed by atoms with Gasteiger partial charge in [-0.1, -0.05) is 18.2 Å². The number of amides is 5. The number of aliphatic hydroxyl groups is 1. The summed E-state index contributed by atoms with van der Waals surface area (Å²) in [6, 6.07) is 9.97. The van der Waals surface area contributed by atoms with Crippen LogP contribution in [0, 0.1) is 11.6 Å². The molecule has 1 unspecified atom stereocenters. The molecule has 1 saturated heterocycles. The Morgan fingerprint density at radius 1 is 1.10 bits per heavy atom. The second-order valence-electron chi connectivity index (χ2n) is 9.97. The lowest BCUT2D eigenvalue weighted by molar-refractivity contribution is -0.490. The number of benzene rings is 2. The van der Waals surface area contributed by atoms with E-state index in [0.717, 1.165) is 50.3 Å². The molecule has 2 aliphatic heterocycles. The number of hydrogen-bond acceptors (Lipinski definition) is 5. The monoisotopic (exact) mass is 557 g/mol. The molecule has 5 amide bonds. The maximum atomic E-state index is 13.9. The van der Waals surface area contributed by atoms with Crippen molar-refractivity contribution >= 4 is 29.5 Å². The van der Waals surface area contributed by atoms with E-state index in [-0.39, 0.29) is 30.3 Å². The SMILES string of the molecule is CC(=O)Nc1cccc(C2CCN(CCCNC(=O)[N+]3=C(CCO)NC(=O)NC3c3ccc(F)c(F)c3)CC2)c1. The fourth-order valence-electron chi connectivity index (χ4n) is 5.16. The molecule has 2 aliphatic rings. The molecule has 1 fully saturated rings. The van der Waals surface area contributed by atoms with Crippen LogP contribution in [0.2, 0.25) is 0 Å². The summed E-state index contributed by atoms with van der Waals surface area (Å²) in [5.41, 5.74) is 2.20. The zero-order valence-electron chi connectivity index (χ0n) is 22.4. The first kappa shape index (κ1) is 29.1. The number of aliphatic hydroxyl groups excluding tert-OH is 1. The molecule has 40 heavy (non-hydrogen) atoms. The van der Waals surface area contributed by atoms with Crippen LogP contribution in [0.15, 0.2) is 42.5 Å². The first-order chi connectivity index (χ1) is 19.2. The third-order valence-electron chi connectivity index (χ3n) is 7.09. The number of piperidine rings is 1. The average molecular weight is 558 g/mol. The second-order valence-corrected chi connectivity index (χ2v) is 9.97. The highest BCUT2D eigenvalue weighted by Gasteiger charge is 2.36. The summed E-state index contributed by atoms with van der Waals surface area (Å²) in [6.07, 6.45) is 1.58. The van der Waals surface area contributed by atoms with Gasteiger partial charge in [0.05, 0.1) is 19.6 Å². The summed E-state index contributed by atoms with van der Waals surface area (Å²) in [7, 11) is 0. The lowest BCUT2D eigenvalue weighted by Gasteiger charge is -2.32. The van der Waals surface area contributed by atoms with Crippen molar-refractivity contribution in [1.29, 1.82) is 0 Å². The summed E-state index contributed by atoms with van der Waals surface area (Å²) in [6.45, 7) is 4.14. The number of urea groups is 2. The smallest absolute Gasteiger partial charge is 0.396 e. The average Bonchev–Trinajstić information content (AvgIpc) is 2.92. The third kappa shape index (κ3) is 7.39. The van der Waals surface area contributed by atoms with E-state index in [1.807, 2.05) is 18.2 Å². The Hall–Kier alpha value is -3.90. The van der Waals surface area contributed by atoms with Crippen molar-refractivity contribution < 1.29 is 32.8 Å². The number of carbonyl (C=O) groups is 3. The van der Waals surface area contributed by atoms with Crippen LogP contribution in [0.3, 0.4) is 0 Å². The van der Waals surface area contributed by atoms with Crippen molar-refractivity contribution in [3.05, 3.63) is 65.2 Å². The van der Waals surface area contributed by atoms with E-state index >= 15 is 0 Å². The molecular weight excluding hydrogens is 522 g/mol. The fraction of sp³-hybridized carbons (Fsp3) is 0.429. The van der Waals surface area contributed by atoms with E-state index in [9.17, 15) is 28.3 Å². The third-order valence-corrected chi connectivity index (χ3v) is 7.09. The Morgan fingerprint density at radius 3 is 2.58 bits per heavy atom. The van der Waals surface area contributed by atoms with Crippen LogP contribution >= 0.6 is 0 Å². The normalized spacial score (nSPS) is 18.2. The van der Waals surface area contributed by atoms with E-state index in [2.05, 4.69) is 32.2 Å². The molecule has 4 rings (SSSR count). The van der Waals surface area contributed by atoms with Crippen molar-refractivity contribution in [2.24, 2.45) is 0 Å². The summed E-state index contributed by atoms with van der Waals surface area (Å²) >= 11 is 0. The minimum absolute atomic E-state index is 0.0102. The quantitative estimate of drug-likeness (QED) is 0.240. The van der Waals surface area contributed by atoms with Crippen LogP contribution in [0.4, 0.5) is 24.1 Å². The molecule has 0 aliphatic carbocycles. The Labute approximate surface area is 231 Å². The number of rotatable bonds is 9. The Bertz CT molecular complexity index is 1280. The number of carbonyl (C=O) groups excluding carboxylic acids is 3. The number of likely N-dealkylation sites (tertiary alicyclic amines) is 1. The fourth-order valence-corrected chi connectivity index (χ4v) is 5.16. The van der Waals surface area contributed by atoms with Crippen LogP contribution in [0.25, 0.3) is 0 Å². The van der Waals surface area contributed by atoms with Gasteiger partial charge in [0.2, 0.25) is 11.7 Å². The molecule has 10 nitrogen and oxygen atoms in total. The number of anilines is 1. The predicted octanol–water partition coefficient (Wildman–Crippen LogP) is 3.01. The Morgan fingerprint density at radius 2 is 1.88 bits per heavy atom. The predicted molar refractivity (Wildman–Crippen MR) is 145 cm³/mol. The molecule has 0 aromatic heterocycles. The van der Waals surface area contributed by atoms with Crippen LogP contribution in [-0.2, 0) is 4.79 Å². The second kappa shape index (κ2) is 13.4. The van der Waals surface area contributed by atoms with Gasteiger partial charge in [0, 0.05) is 24.7 Å². The molecule has 0 bridgehead atoms. The molecule has 0 saturated carbocycles. The molecule has 2 aromatic rings. The minimum Gasteiger partial charge on any atom is -0.396 e. The molecule has 2 aromatic carbocycles. The number of nitrogens with zero attached hydrogens (tertiary/aromatic N) is 2. The lowest BCUT2D eigenvalue weighted by Crippen LogP contribution is -2.57. The lowest BCUT2D eigenvalue weighted by atomic mass is 9.89. The van der Waals surface area contributed by atoms with E-state index in [1.54, 1.807) is 0 Å². The Kier molecular flexibility index (Phi) is 9.78. The van der Waals surface area contributed by atoms with Gasteiger partial charge in [-0.2, -0.15) is 4.58 Å². The van der Waals surface area contributed by atoms with Crippen molar-refractivity contribution in [3.8, 4) is 0 Å². The van der Waals surface area contributed by atoms with Gasteiger partial charge in [-0.25, -0.2) is 23.7 Å². The number of nitrogens with one attached hydrogen (secondary N) is 4. The maximum Gasteiger partial charge on any atom is 0.438 e. The van der Waals surface area contributed by atoms with Crippen molar-refractivity contribution in [1.82, 2.24) is 20.9 Å². The highest BCUT2D eigenvalue weighted by atomic mass is 19.2. The zero-order chi connectivity index (χ0) is 28.6. The summed E-state index contributed by atoms with van der Waals surface area (Å²) in [4.78, 5) is 39.1. The highest BCUT2D eigenvalue weighted by molar-refractivity contribution is 5.98. The number of halogens is 2. The van der Waals surface area contributed by atoms with Gasteiger partial charge in [-0.05, 0) is 68.1 Å². The number of hydrogen-bond donors (Lipinski definition) is 5. The van der Waals surface area contributed by atoms with Crippen LogP contribution in [0.5, 0.6) is 0 Å². The largest absolute Gasteiger partial charge is 0.438 e. The zero-order valence-corrected chi connectivity index (χ0v) is 22.4. The molecule has 12 heteroatoms. The molecule has 0 spiro atoms. The number of amidine groups is 1. The van der Waals surface area contributed by atoms with Crippen molar-refractivity contribution in [2.75, 3.05) is 38.1 Å². The van der Waals surface area contributed by atoms with Gasteiger partial charge < -0.3 is 15.3 Å². The van der Waals surface area contributed by atoms with Gasteiger partial charge in [0.25, 0.3) is 0 Å². The van der Waals surface area contributed by atoms with E-state index in [4.69, 9.17) is 0 Å². The van der Waals surface area contributed by atoms with Gasteiger partial charge in [-0.15, -0.1) is 0 Å². The van der Waals surface area contributed by atoms with Gasteiger partial charge in [0.15, 0.2) is 17.8 Å². The molecule has 1 atom stereocenters. The van der Waals surface area contributed by atoms with Crippen molar-refractivity contribution in [2.45, 2.75) is 44.7 Å². The van der Waals surface area contributed by atoms with Crippen molar-refractivity contribution in [3.63, 3.8) is 0 Å².